The van der Waals surface area contributed by atoms with Crippen LogP contribution in [-0.2, 0) is 16.2 Å². The number of rotatable bonds is 7. The summed E-state index contributed by atoms with van der Waals surface area (Å²) in [5.41, 5.74) is 19.0. The Kier molecular flexibility index (Phi) is 9.76. The minimum atomic E-state index is -0.298. The molecular weight excluding hydrogens is 879 g/mol. The Hall–Kier alpha value is -8.35. The van der Waals surface area contributed by atoms with Crippen LogP contribution < -0.4 is 19.4 Å². The van der Waals surface area contributed by atoms with Gasteiger partial charge in [0.05, 0.1) is 34.8 Å². The molecule has 0 saturated heterocycles. The monoisotopic (exact) mass is 935 g/mol. The van der Waals surface area contributed by atoms with E-state index in [9.17, 15) is 0 Å². The number of pyridine rings is 1. The third-order valence-corrected chi connectivity index (χ3v) is 15.6. The van der Waals surface area contributed by atoms with Crippen molar-refractivity contribution in [2.24, 2.45) is 0 Å². The number of para-hydroxylation sites is 1. The fourth-order valence-corrected chi connectivity index (χ4v) is 11.6. The molecule has 0 spiro atoms. The number of benzene rings is 8. The normalized spacial score (nSPS) is 15.2. The van der Waals surface area contributed by atoms with E-state index in [0.717, 1.165) is 39.4 Å². The smallest absolute Gasteiger partial charge is 0.137 e. The fourth-order valence-electron chi connectivity index (χ4n) is 11.6. The number of anilines is 5. The lowest BCUT2D eigenvalue weighted by molar-refractivity contribution is 0.483. The van der Waals surface area contributed by atoms with Crippen LogP contribution in [0.25, 0.3) is 49.9 Å². The second kappa shape index (κ2) is 16.1. The molecule has 3 aliphatic rings. The summed E-state index contributed by atoms with van der Waals surface area (Å²) >= 11 is 0. The zero-order valence-electron chi connectivity index (χ0n) is 42.0. The number of aromatic nitrogens is 2. The molecule has 72 heavy (non-hydrogen) atoms. The van der Waals surface area contributed by atoms with E-state index in [1.807, 2.05) is 12.3 Å². The molecule has 0 unspecified atom stereocenters. The van der Waals surface area contributed by atoms with Crippen molar-refractivity contribution in [3.05, 3.63) is 234 Å². The maximum Gasteiger partial charge on any atom is 0.137 e. The van der Waals surface area contributed by atoms with Gasteiger partial charge in [-0.25, -0.2) is 4.98 Å². The van der Waals surface area contributed by atoms with E-state index in [4.69, 9.17) is 9.72 Å². The van der Waals surface area contributed by atoms with Crippen LogP contribution in [0.1, 0.15) is 76.3 Å². The van der Waals surface area contributed by atoms with E-state index in [2.05, 4.69) is 262 Å². The quantitative estimate of drug-likeness (QED) is 0.159. The van der Waals surface area contributed by atoms with Crippen LogP contribution in [0, 0.1) is 0 Å². The first kappa shape index (κ1) is 43.7. The molecule has 0 aliphatic carbocycles. The standard InChI is InChI=1S/C66H57N5O/c1-64(2,3)47-31-32-67-62(37-47)70-58-24-15-14-23-52(58)53-28-27-51(41-61(53)70)72-50-22-16-21-48(38-50)68-33-34-69(42-68)49-39-56-63-57(40-49)66(6,7)55-36-46(44-19-12-9-13-20-44)26-30-60(55)71(63)59-29-25-45(35-54(59)65(56,4)5)43-17-10-8-11-18-43/h8-41H,42H2,1-7H3. The van der Waals surface area contributed by atoms with Gasteiger partial charge in [-0.2, -0.15) is 0 Å². The molecule has 0 bridgehead atoms. The number of hydrogen-bond donors (Lipinski definition) is 0. The van der Waals surface area contributed by atoms with Crippen LogP contribution in [0.4, 0.5) is 28.4 Å². The first-order valence-electron chi connectivity index (χ1n) is 25.2. The first-order valence-corrected chi connectivity index (χ1v) is 25.2. The van der Waals surface area contributed by atoms with E-state index in [0.29, 0.717) is 6.67 Å². The summed E-state index contributed by atoms with van der Waals surface area (Å²) in [6.45, 7) is 17.0. The summed E-state index contributed by atoms with van der Waals surface area (Å²) in [6.07, 6.45) is 6.34. The van der Waals surface area contributed by atoms with Crippen LogP contribution >= 0.6 is 0 Å². The highest BCUT2D eigenvalue weighted by atomic mass is 16.5. The van der Waals surface area contributed by atoms with Crippen molar-refractivity contribution in [2.75, 3.05) is 21.4 Å². The minimum Gasteiger partial charge on any atom is -0.457 e. The molecule has 3 aliphatic heterocycles. The maximum absolute atomic E-state index is 6.75. The molecule has 13 rings (SSSR count). The van der Waals surface area contributed by atoms with Crippen molar-refractivity contribution < 1.29 is 4.74 Å². The molecule has 0 saturated carbocycles. The largest absolute Gasteiger partial charge is 0.457 e. The summed E-state index contributed by atoms with van der Waals surface area (Å²) in [4.78, 5) is 12.2. The lowest BCUT2D eigenvalue weighted by atomic mass is 9.65. The lowest BCUT2D eigenvalue weighted by Crippen LogP contribution is -2.38. The van der Waals surface area contributed by atoms with Crippen LogP contribution in [0.2, 0.25) is 0 Å². The topological polar surface area (TPSA) is 36.8 Å². The van der Waals surface area contributed by atoms with E-state index in [1.165, 1.54) is 78.2 Å². The van der Waals surface area contributed by atoms with Crippen LogP contribution in [0.5, 0.6) is 11.5 Å². The van der Waals surface area contributed by atoms with Gasteiger partial charge in [-0.3, -0.25) is 4.57 Å². The van der Waals surface area contributed by atoms with Crippen molar-refractivity contribution in [1.29, 1.82) is 0 Å². The molecule has 2 aromatic heterocycles. The first-order chi connectivity index (χ1) is 34.8. The number of ether oxygens (including phenoxy) is 1. The van der Waals surface area contributed by atoms with Gasteiger partial charge in [0.15, 0.2) is 0 Å². The average molecular weight is 936 g/mol. The van der Waals surface area contributed by atoms with Gasteiger partial charge >= 0.3 is 0 Å². The summed E-state index contributed by atoms with van der Waals surface area (Å²) in [7, 11) is 0. The Balaban J connectivity index is 0.854. The van der Waals surface area contributed by atoms with E-state index >= 15 is 0 Å². The van der Waals surface area contributed by atoms with Crippen LogP contribution in [0.15, 0.2) is 207 Å². The van der Waals surface area contributed by atoms with E-state index in [1.54, 1.807) is 0 Å². The van der Waals surface area contributed by atoms with E-state index < -0.39 is 0 Å². The second-order valence-corrected chi connectivity index (χ2v) is 21.8. The highest BCUT2D eigenvalue weighted by Crippen LogP contribution is 2.61. The molecule has 0 atom stereocenters. The SMILES string of the molecule is CC(C)(C)c1ccnc(-n2c3ccccc3c3ccc(Oc4cccc(N5C=CN(c6cc7c8c(c6)C(C)(C)c6cc(-c9ccccc9)ccc6N8c6ccc(-c8ccccc8)cc6C7(C)C)C5)c4)cc32)c1. The van der Waals surface area contributed by atoms with Crippen molar-refractivity contribution in [1.82, 2.24) is 9.55 Å². The molecule has 0 fully saturated rings. The van der Waals surface area contributed by atoms with Gasteiger partial charge in [-0.05, 0) is 134 Å². The lowest BCUT2D eigenvalue weighted by Gasteiger charge is -2.50. The molecule has 6 heteroatoms. The summed E-state index contributed by atoms with van der Waals surface area (Å²) in [6, 6.07) is 68.4. The van der Waals surface area contributed by atoms with Crippen molar-refractivity contribution in [2.45, 2.75) is 64.7 Å². The highest BCUT2D eigenvalue weighted by Gasteiger charge is 2.46. The van der Waals surface area contributed by atoms with Gasteiger partial charge in [0.2, 0.25) is 0 Å². The zero-order valence-corrected chi connectivity index (χ0v) is 42.0. The van der Waals surface area contributed by atoms with Gasteiger partial charge in [0.1, 0.15) is 17.3 Å². The minimum absolute atomic E-state index is 0.00904. The molecule has 10 aromatic rings. The number of fused-ring (bicyclic) bond motifs is 7. The fraction of sp³-hybridized carbons (Fsp3) is 0.167. The Bertz CT molecular complexity index is 3700. The molecule has 0 radical (unpaired) electrons. The number of hydrogen-bond acceptors (Lipinski definition) is 5. The predicted molar refractivity (Wildman–Crippen MR) is 299 cm³/mol. The van der Waals surface area contributed by atoms with Gasteiger partial charge < -0.3 is 19.4 Å². The summed E-state index contributed by atoms with van der Waals surface area (Å²) in [5, 5.41) is 2.35. The van der Waals surface area contributed by atoms with Gasteiger partial charge in [-0.15, -0.1) is 0 Å². The van der Waals surface area contributed by atoms with Crippen molar-refractivity contribution >= 4 is 50.2 Å². The maximum atomic E-state index is 6.75. The summed E-state index contributed by atoms with van der Waals surface area (Å²) in [5.74, 6) is 2.44. The van der Waals surface area contributed by atoms with Crippen LogP contribution in [-0.4, -0.2) is 16.2 Å². The third kappa shape index (κ3) is 6.95. The molecular formula is C66H57N5O. The highest BCUT2D eigenvalue weighted by molar-refractivity contribution is 6.09. The van der Waals surface area contributed by atoms with Crippen molar-refractivity contribution in [3.8, 4) is 39.6 Å². The average Bonchev–Trinajstić information content (AvgIpc) is 4.03. The Morgan fingerprint density at radius 2 is 1.06 bits per heavy atom. The second-order valence-electron chi connectivity index (χ2n) is 21.8. The van der Waals surface area contributed by atoms with Gasteiger partial charge in [0.25, 0.3) is 0 Å². The molecule has 5 heterocycles. The Morgan fingerprint density at radius 3 is 1.69 bits per heavy atom. The van der Waals surface area contributed by atoms with Crippen LogP contribution in [0.3, 0.4) is 0 Å². The molecule has 8 aromatic carbocycles. The zero-order chi connectivity index (χ0) is 49.1. The van der Waals surface area contributed by atoms with Crippen molar-refractivity contribution in [3.63, 3.8) is 0 Å². The predicted octanol–water partition coefficient (Wildman–Crippen LogP) is 17.1. The molecule has 6 nitrogen and oxygen atoms in total. The van der Waals surface area contributed by atoms with Gasteiger partial charge in [0, 0.05) is 63.7 Å². The number of nitrogens with zero attached hydrogens (tertiary/aromatic N) is 5. The summed E-state index contributed by atoms with van der Waals surface area (Å²) < 4.78 is 9.01. The molecule has 0 N–H and O–H groups in total. The third-order valence-electron chi connectivity index (χ3n) is 15.6. The Labute approximate surface area is 422 Å². The Morgan fingerprint density at radius 1 is 0.472 bits per heavy atom. The molecule has 352 valence electrons. The molecule has 0 amide bonds. The van der Waals surface area contributed by atoms with Gasteiger partial charge in [-0.1, -0.05) is 146 Å². The van der Waals surface area contributed by atoms with E-state index in [-0.39, 0.29) is 16.2 Å².